The lowest BCUT2D eigenvalue weighted by molar-refractivity contribution is -0.385. The average Bonchev–Trinajstić information content (AvgIpc) is 2.70. The number of hydrogen-bond acceptors (Lipinski definition) is 5. The summed E-state index contributed by atoms with van der Waals surface area (Å²) in [4.78, 5) is 25.1. The van der Waals surface area contributed by atoms with Gasteiger partial charge in [0, 0.05) is 24.3 Å². The first kappa shape index (κ1) is 15.2. The Hall–Kier alpha value is -2.15. The normalized spacial score (nSPS) is 19.0. The maximum Gasteiger partial charge on any atom is 0.282 e. The van der Waals surface area contributed by atoms with Crippen LogP contribution in [-0.4, -0.2) is 28.3 Å². The molecule has 21 heavy (non-hydrogen) atoms. The van der Waals surface area contributed by atoms with Crippen LogP contribution in [0.15, 0.2) is 18.2 Å². The first-order chi connectivity index (χ1) is 10.0. The molecule has 0 saturated carbocycles. The van der Waals surface area contributed by atoms with E-state index in [1.165, 1.54) is 18.2 Å². The minimum atomic E-state index is -0.532. The van der Waals surface area contributed by atoms with Gasteiger partial charge in [-0.3, -0.25) is 20.8 Å². The molecule has 1 fully saturated rings. The number of anilines is 1. The zero-order valence-electron chi connectivity index (χ0n) is 12.0. The molecule has 0 aromatic heterocycles. The smallest absolute Gasteiger partial charge is 0.282 e. The van der Waals surface area contributed by atoms with Crippen LogP contribution in [0.3, 0.4) is 0 Å². The van der Waals surface area contributed by atoms with Crippen LogP contribution in [0.2, 0.25) is 0 Å². The van der Waals surface area contributed by atoms with E-state index in [9.17, 15) is 14.9 Å². The number of nitrogens with two attached hydrogens (primary N) is 1. The number of amides is 1. The molecule has 7 heteroatoms. The Kier molecular flexibility index (Phi) is 4.74. The van der Waals surface area contributed by atoms with Crippen LogP contribution >= 0.6 is 0 Å². The Morgan fingerprint density at radius 1 is 1.43 bits per heavy atom. The predicted octanol–water partition coefficient (Wildman–Crippen LogP) is 2.29. The first-order valence-electron chi connectivity index (χ1n) is 7.10. The summed E-state index contributed by atoms with van der Waals surface area (Å²) in [5, 5.41) is 11.1. The number of nitro benzene ring substituents is 1. The van der Waals surface area contributed by atoms with E-state index in [4.69, 9.17) is 5.84 Å². The van der Waals surface area contributed by atoms with Crippen LogP contribution in [0.1, 0.15) is 43.0 Å². The van der Waals surface area contributed by atoms with Crippen LogP contribution in [0.5, 0.6) is 0 Å². The average molecular weight is 292 g/mol. The van der Waals surface area contributed by atoms with Crippen LogP contribution in [0.4, 0.5) is 11.4 Å². The van der Waals surface area contributed by atoms with E-state index in [2.05, 4.69) is 5.43 Å². The third-order valence-electron chi connectivity index (χ3n) is 3.90. The lowest BCUT2D eigenvalue weighted by Crippen LogP contribution is -2.38. The fraction of sp³-hybridized carbons (Fsp3) is 0.500. The lowest BCUT2D eigenvalue weighted by atomic mass is 10.1. The fourth-order valence-corrected chi connectivity index (χ4v) is 2.69. The summed E-state index contributed by atoms with van der Waals surface area (Å²) in [6, 6.07) is 4.33. The molecule has 1 atom stereocenters. The van der Waals surface area contributed by atoms with Gasteiger partial charge >= 0.3 is 0 Å². The number of carbonyl (C=O) groups excluding carboxylic acids is 1. The summed E-state index contributed by atoms with van der Waals surface area (Å²) < 4.78 is 0. The van der Waals surface area contributed by atoms with Crippen molar-refractivity contribution in [1.82, 2.24) is 4.90 Å². The van der Waals surface area contributed by atoms with Crippen LogP contribution in [-0.2, 0) is 0 Å². The Labute approximate surface area is 123 Å². The van der Waals surface area contributed by atoms with Crippen molar-refractivity contribution in [3.8, 4) is 0 Å². The highest BCUT2D eigenvalue weighted by Crippen LogP contribution is 2.26. The molecule has 0 radical (unpaired) electrons. The number of hydrazine groups is 1. The van der Waals surface area contributed by atoms with Crippen molar-refractivity contribution in [3.05, 3.63) is 33.9 Å². The molecular weight excluding hydrogens is 272 g/mol. The molecule has 1 saturated heterocycles. The van der Waals surface area contributed by atoms with E-state index >= 15 is 0 Å². The molecule has 1 amide bonds. The summed E-state index contributed by atoms with van der Waals surface area (Å²) in [6.45, 7) is 2.62. The van der Waals surface area contributed by atoms with Gasteiger partial charge in [0.05, 0.1) is 4.92 Å². The molecule has 2 rings (SSSR count). The van der Waals surface area contributed by atoms with Crippen molar-refractivity contribution >= 4 is 17.3 Å². The van der Waals surface area contributed by atoms with Gasteiger partial charge in [-0.25, -0.2) is 0 Å². The number of nitrogens with zero attached hydrogens (tertiary/aromatic N) is 2. The van der Waals surface area contributed by atoms with E-state index in [0.29, 0.717) is 12.2 Å². The van der Waals surface area contributed by atoms with Gasteiger partial charge in [-0.15, -0.1) is 0 Å². The third-order valence-corrected chi connectivity index (χ3v) is 3.90. The van der Waals surface area contributed by atoms with Crippen LogP contribution in [0.25, 0.3) is 0 Å². The van der Waals surface area contributed by atoms with E-state index < -0.39 is 4.92 Å². The van der Waals surface area contributed by atoms with E-state index in [1.54, 1.807) is 4.90 Å². The zero-order chi connectivity index (χ0) is 15.4. The molecule has 1 aromatic rings. The van der Waals surface area contributed by atoms with Gasteiger partial charge in [-0.05, 0) is 31.9 Å². The van der Waals surface area contributed by atoms with Gasteiger partial charge in [-0.1, -0.05) is 12.8 Å². The number of likely N-dealkylation sites (tertiary alicyclic amines) is 1. The van der Waals surface area contributed by atoms with Crippen LogP contribution < -0.4 is 11.3 Å². The van der Waals surface area contributed by atoms with E-state index in [0.717, 1.165) is 25.7 Å². The second-order valence-electron chi connectivity index (χ2n) is 5.33. The maximum absolute atomic E-state index is 12.7. The Bertz CT molecular complexity index is 547. The van der Waals surface area contributed by atoms with Gasteiger partial charge in [0.25, 0.3) is 11.6 Å². The fourth-order valence-electron chi connectivity index (χ4n) is 2.69. The number of nitro groups is 1. The molecule has 0 spiro atoms. The largest absolute Gasteiger partial charge is 0.336 e. The quantitative estimate of drug-likeness (QED) is 0.505. The van der Waals surface area contributed by atoms with Crippen molar-refractivity contribution in [2.75, 3.05) is 12.0 Å². The number of rotatable bonds is 3. The lowest BCUT2D eigenvalue weighted by Gasteiger charge is -2.27. The van der Waals surface area contributed by atoms with Crippen molar-refractivity contribution < 1.29 is 9.72 Å². The standard InChI is InChI=1S/C14H20N4O3/c1-10-5-3-2-4-8-17(10)14(19)12-9-11(16-15)6-7-13(12)18(20)21/h6-7,9-10,16H,2-5,8,15H2,1H3. The SMILES string of the molecule is CC1CCCCCN1C(=O)c1cc(NN)ccc1[N+](=O)[O-]. The van der Waals surface area contributed by atoms with Gasteiger partial charge < -0.3 is 10.3 Å². The van der Waals surface area contributed by atoms with Crippen molar-refractivity contribution in [1.29, 1.82) is 0 Å². The van der Waals surface area contributed by atoms with Gasteiger partial charge in [-0.2, -0.15) is 0 Å². The second-order valence-corrected chi connectivity index (χ2v) is 5.33. The minimum absolute atomic E-state index is 0.0872. The van der Waals surface area contributed by atoms with Gasteiger partial charge in [0.15, 0.2) is 0 Å². The van der Waals surface area contributed by atoms with E-state index in [1.807, 2.05) is 6.92 Å². The summed E-state index contributed by atoms with van der Waals surface area (Å²) in [5.74, 6) is 5.03. The first-order valence-corrected chi connectivity index (χ1v) is 7.10. The molecule has 1 unspecified atom stereocenters. The molecule has 1 aliphatic rings. The predicted molar refractivity (Wildman–Crippen MR) is 79.9 cm³/mol. The van der Waals surface area contributed by atoms with Gasteiger partial charge in [0.1, 0.15) is 5.56 Å². The highest BCUT2D eigenvalue weighted by Gasteiger charge is 2.28. The Morgan fingerprint density at radius 2 is 2.19 bits per heavy atom. The Balaban J connectivity index is 2.38. The molecule has 1 aromatic carbocycles. The van der Waals surface area contributed by atoms with Crippen molar-refractivity contribution in [2.45, 2.75) is 38.6 Å². The molecule has 0 bridgehead atoms. The van der Waals surface area contributed by atoms with Crippen molar-refractivity contribution in [3.63, 3.8) is 0 Å². The third kappa shape index (κ3) is 3.30. The van der Waals surface area contributed by atoms with E-state index in [-0.39, 0.29) is 23.2 Å². The summed E-state index contributed by atoms with van der Waals surface area (Å²) >= 11 is 0. The maximum atomic E-state index is 12.7. The summed E-state index contributed by atoms with van der Waals surface area (Å²) in [5.41, 5.74) is 2.80. The number of nitrogens with one attached hydrogen (secondary N) is 1. The number of nitrogen functional groups attached to an aromatic ring is 1. The summed E-state index contributed by atoms with van der Waals surface area (Å²) in [7, 11) is 0. The molecule has 1 aliphatic heterocycles. The number of carbonyl (C=O) groups is 1. The number of benzene rings is 1. The molecule has 0 aliphatic carbocycles. The molecule has 1 heterocycles. The minimum Gasteiger partial charge on any atom is -0.336 e. The summed E-state index contributed by atoms with van der Waals surface area (Å²) in [6.07, 6.45) is 4.02. The van der Waals surface area contributed by atoms with Crippen LogP contribution in [0, 0.1) is 10.1 Å². The monoisotopic (exact) mass is 292 g/mol. The molecule has 7 nitrogen and oxygen atoms in total. The van der Waals surface area contributed by atoms with Crippen molar-refractivity contribution in [2.24, 2.45) is 5.84 Å². The zero-order valence-corrected chi connectivity index (χ0v) is 12.0. The molecule has 114 valence electrons. The highest BCUT2D eigenvalue weighted by atomic mass is 16.6. The highest BCUT2D eigenvalue weighted by molar-refractivity contribution is 5.99. The van der Waals surface area contributed by atoms with Gasteiger partial charge in [0.2, 0.25) is 0 Å². The second kappa shape index (κ2) is 6.53. The molecule has 3 N–H and O–H groups in total. The Morgan fingerprint density at radius 3 is 2.86 bits per heavy atom. The molecular formula is C14H20N4O3. The topological polar surface area (TPSA) is 102 Å². The number of hydrogen-bond donors (Lipinski definition) is 2.